The van der Waals surface area contributed by atoms with E-state index in [1.165, 1.54) is 42.3 Å². The molecule has 2 N–H and O–H groups in total. The fourth-order valence-electron chi connectivity index (χ4n) is 4.48. The number of hydrogen-bond donors (Lipinski definition) is 2. The van der Waals surface area contributed by atoms with Crippen LogP contribution < -0.4 is 5.56 Å². The summed E-state index contributed by atoms with van der Waals surface area (Å²) in [6, 6.07) is 13.3. The standard InChI is InChI=1S/C23H20BrN3O3/c24-15-7-9-16(10-8-15)27-22(28)19(23(29)30)21-20(26-27)17-12-14(6-11-18(17)25-21)13-4-2-1-3-5-13/h6-13,25H,1-5H2,(H,29,30). The van der Waals surface area contributed by atoms with E-state index in [0.717, 1.165) is 15.4 Å². The first-order chi connectivity index (χ1) is 14.5. The lowest BCUT2D eigenvalue weighted by atomic mass is 9.84. The summed E-state index contributed by atoms with van der Waals surface area (Å²) < 4.78 is 2.04. The van der Waals surface area contributed by atoms with Gasteiger partial charge in [-0.1, -0.05) is 41.3 Å². The van der Waals surface area contributed by atoms with Crippen molar-refractivity contribution in [1.29, 1.82) is 0 Å². The number of H-pyrrole nitrogens is 1. The van der Waals surface area contributed by atoms with E-state index in [0.29, 0.717) is 17.1 Å². The summed E-state index contributed by atoms with van der Waals surface area (Å²) in [7, 11) is 0. The van der Waals surface area contributed by atoms with Crippen LogP contribution in [0, 0.1) is 0 Å². The third-order valence-corrected chi connectivity index (χ3v) is 6.54. The monoisotopic (exact) mass is 465 g/mol. The lowest BCUT2D eigenvalue weighted by Crippen LogP contribution is -2.27. The van der Waals surface area contributed by atoms with E-state index in [1.54, 1.807) is 24.3 Å². The van der Waals surface area contributed by atoms with Crippen LogP contribution in [-0.2, 0) is 0 Å². The van der Waals surface area contributed by atoms with Gasteiger partial charge in [0.15, 0.2) is 5.56 Å². The van der Waals surface area contributed by atoms with Gasteiger partial charge >= 0.3 is 5.97 Å². The summed E-state index contributed by atoms with van der Waals surface area (Å²) in [5.74, 6) is -0.748. The van der Waals surface area contributed by atoms with Crippen LogP contribution in [0.3, 0.4) is 0 Å². The van der Waals surface area contributed by atoms with E-state index >= 15 is 0 Å². The summed E-state index contributed by atoms with van der Waals surface area (Å²) in [5, 5.41) is 15.2. The van der Waals surface area contributed by atoms with Gasteiger partial charge in [-0.05, 0) is 60.7 Å². The second-order valence-electron chi connectivity index (χ2n) is 7.86. The van der Waals surface area contributed by atoms with Gasteiger partial charge in [-0.25, -0.2) is 4.79 Å². The Labute approximate surface area is 180 Å². The number of benzene rings is 2. The molecule has 1 aliphatic rings. The van der Waals surface area contributed by atoms with Crippen molar-refractivity contribution in [3.05, 3.63) is 68.4 Å². The molecule has 0 radical (unpaired) electrons. The fraction of sp³-hybridized carbons (Fsp3) is 0.261. The Balaban J connectivity index is 1.78. The van der Waals surface area contributed by atoms with Gasteiger partial charge in [0.2, 0.25) is 0 Å². The number of nitrogens with one attached hydrogen (secondary N) is 1. The predicted octanol–water partition coefficient (Wildman–Crippen LogP) is 5.38. The van der Waals surface area contributed by atoms with Crippen LogP contribution in [-0.4, -0.2) is 25.8 Å². The van der Waals surface area contributed by atoms with Crippen molar-refractivity contribution in [3.8, 4) is 5.69 Å². The first kappa shape index (κ1) is 19.1. The molecule has 6 nitrogen and oxygen atoms in total. The lowest BCUT2D eigenvalue weighted by molar-refractivity contribution is 0.0696. The molecule has 0 spiro atoms. The molecule has 0 aliphatic heterocycles. The molecule has 0 atom stereocenters. The molecule has 0 bridgehead atoms. The first-order valence-electron chi connectivity index (χ1n) is 10.1. The van der Waals surface area contributed by atoms with Crippen LogP contribution in [0.25, 0.3) is 27.6 Å². The van der Waals surface area contributed by atoms with E-state index in [-0.39, 0.29) is 11.1 Å². The quantitative estimate of drug-likeness (QED) is 0.425. The molecule has 1 aliphatic carbocycles. The zero-order valence-electron chi connectivity index (χ0n) is 16.2. The number of nitrogens with zero attached hydrogens (tertiary/aromatic N) is 2. The lowest BCUT2D eigenvalue weighted by Gasteiger charge is -2.21. The summed E-state index contributed by atoms with van der Waals surface area (Å²) in [6.07, 6.45) is 6.10. The van der Waals surface area contributed by atoms with Crippen molar-refractivity contribution in [3.63, 3.8) is 0 Å². The minimum Gasteiger partial charge on any atom is -0.477 e. The highest BCUT2D eigenvalue weighted by Gasteiger charge is 2.23. The molecule has 30 heavy (non-hydrogen) atoms. The second-order valence-corrected chi connectivity index (χ2v) is 8.78. The number of carboxylic acid groups (broad SMARTS) is 1. The largest absolute Gasteiger partial charge is 0.477 e. The van der Waals surface area contributed by atoms with E-state index < -0.39 is 11.5 Å². The fourth-order valence-corrected chi connectivity index (χ4v) is 4.75. The van der Waals surface area contributed by atoms with Crippen LogP contribution in [0.2, 0.25) is 0 Å². The van der Waals surface area contributed by atoms with Crippen LogP contribution in [0.5, 0.6) is 0 Å². The zero-order valence-corrected chi connectivity index (χ0v) is 17.8. The minimum absolute atomic E-state index is 0.275. The highest BCUT2D eigenvalue weighted by Crippen LogP contribution is 2.35. The van der Waals surface area contributed by atoms with E-state index in [4.69, 9.17) is 0 Å². The molecule has 2 aromatic heterocycles. The van der Waals surface area contributed by atoms with Gasteiger partial charge in [0.1, 0.15) is 5.52 Å². The third kappa shape index (κ3) is 3.13. The summed E-state index contributed by atoms with van der Waals surface area (Å²) >= 11 is 3.38. The number of hydrogen-bond acceptors (Lipinski definition) is 3. The molecule has 0 saturated heterocycles. The van der Waals surface area contributed by atoms with Crippen molar-refractivity contribution in [2.75, 3.05) is 0 Å². The average Bonchev–Trinajstić information content (AvgIpc) is 3.11. The van der Waals surface area contributed by atoms with Crippen molar-refractivity contribution in [1.82, 2.24) is 14.8 Å². The van der Waals surface area contributed by atoms with E-state index in [1.807, 2.05) is 6.07 Å². The zero-order chi connectivity index (χ0) is 20.8. The van der Waals surface area contributed by atoms with Gasteiger partial charge in [0.05, 0.1) is 11.2 Å². The van der Waals surface area contributed by atoms with Gasteiger partial charge in [-0.2, -0.15) is 9.78 Å². The van der Waals surface area contributed by atoms with Crippen LogP contribution >= 0.6 is 15.9 Å². The minimum atomic E-state index is -1.27. The SMILES string of the molecule is O=C(O)c1c(=O)n(-c2ccc(Br)cc2)nc2c1[nH]c1ccc(C3CCCCC3)cc12. The maximum Gasteiger partial charge on any atom is 0.343 e. The Morgan fingerprint density at radius 1 is 1.10 bits per heavy atom. The summed E-state index contributed by atoms with van der Waals surface area (Å²) in [6.45, 7) is 0. The van der Waals surface area contributed by atoms with Gasteiger partial charge < -0.3 is 10.1 Å². The number of rotatable bonds is 3. The maximum atomic E-state index is 13.0. The Kier molecular flexibility index (Phi) is 4.70. The third-order valence-electron chi connectivity index (χ3n) is 6.01. The molecule has 0 amide bonds. The highest BCUT2D eigenvalue weighted by molar-refractivity contribution is 9.10. The predicted molar refractivity (Wildman–Crippen MR) is 120 cm³/mol. The number of halogens is 1. The first-order valence-corrected chi connectivity index (χ1v) is 10.9. The van der Waals surface area contributed by atoms with Gasteiger partial charge in [-0.3, -0.25) is 4.79 Å². The number of aromatic nitrogens is 3. The highest BCUT2D eigenvalue weighted by atomic mass is 79.9. The van der Waals surface area contributed by atoms with Crippen LogP contribution in [0.1, 0.15) is 53.9 Å². The topological polar surface area (TPSA) is 88.0 Å². The Hall–Kier alpha value is -2.93. The number of carbonyl (C=O) groups is 1. The maximum absolute atomic E-state index is 13.0. The van der Waals surface area contributed by atoms with Crippen molar-refractivity contribution >= 4 is 43.8 Å². The Bertz CT molecular complexity index is 1330. The van der Waals surface area contributed by atoms with Crippen LogP contribution in [0.15, 0.2) is 51.7 Å². The molecule has 7 heteroatoms. The van der Waals surface area contributed by atoms with Crippen molar-refractivity contribution in [2.24, 2.45) is 0 Å². The molecule has 1 saturated carbocycles. The van der Waals surface area contributed by atoms with Gasteiger partial charge in [-0.15, -0.1) is 0 Å². The molecule has 4 aromatic rings. The molecule has 152 valence electrons. The van der Waals surface area contributed by atoms with E-state index in [2.05, 4.69) is 38.1 Å². The molecular formula is C23H20BrN3O3. The van der Waals surface area contributed by atoms with Crippen molar-refractivity contribution in [2.45, 2.75) is 38.0 Å². The molecule has 0 unspecified atom stereocenters. The normalized spacial score (nSPS) is 15.1. The summed E-state index contributed by atoms with van der Waals surface area (Å²) in [5.41, 5.74) is 2.38. The average molecular weight is 466 g/mol. The molecular weight excluding hydrogens is 446 g/mol. The van der Waals surface area contributed by atoms with Gasteiger partial charge in [0.25, 0.3) is 5.56 Å². The molecule has 5 rings (SSSR count). The number of aromatic amines is 1. The van der Waals surface area contributed by atoms with Gasteiger partial charge in [0, 0.05) is 15.4 Å². The van der Waals surface area contributed by atoms with Crippen molar-refractivity contribution < 1.29 is 9.90 Å². The molecule has 2 heterocycles. The Morgan fingerprint density at radius 2 is 1.83 bits per heavy atom. The number of fused-ring (bicyclic) bond motifs is 3. The summed E-state index contributed by atoms with van der Waals surface area (Å²) in [4.78, 5) is 28.1. The second kappa shape index (κ2) is 7.40. The number of aromatic carboxylic acids is 1. The molecule has 2 aromatic carbocycles. The smallest absolute Gasteiger partial charge is 0.343 e. The Morgan fingerprint density at radius 3 is 2.53 bits per heavy atom. The van der Waals surface area contributed by atoms with E-state index in [9.17, 15) is 14.7 Å². The molecule has 1 fully saturated rings. The van der Waals surface area contributed by atoms with Crippen LogP contribution in [0.4, 0.5) is 0 Å². The number of carboxylic acids is 1.